The third-order valence-electron chi connectivity index (χ3n) is 1.92. The molecule has 0 unspecified atom stereocenters. The molecule has 0 heterocycles. The van der Waals surface area contributed by atoms with Crippen molar-refractivity contribution in [3.8, 4) is 11.8 Å². The SMILES string of the molecule is CCOC(=O)Cc1cc(Cl)cc(O)c1C#N. The molecular formula is C11H10ClNO3. The van der Waals surface area contributed by atoms with Gasteiger partial charge in [-0.05, 0) is 24.6 Å². The van der Waals surface area contributed by atoms with Gasteiger partial charge in [0.25, 0.3) is 0 Å². The van der Waals surface area contributed by atoms with E-state index in [0.29, 0.717) is 5.56 Å². The average molecular weight is 240 g/mol. The van der Waals surface area contributed by atoms with Crippen LogP contribution < -0.4 is 0 Å². The fourth-order valence-electron chi connectivity index (χ4n) is 1.28. The van der Waals surface area contributed by atoms with Gasteiger partial charge in [0.2, 0.25) is 0 Å². The Hall–Kier alpha value is -1.73. The molecule has 1 aromatic carbocycles. The summed E-state index contributed by atoms with van der Waals surface area (Å²) in [7, 11) is 0. The maximum atomic E-state index is 11.2. The van der Waals surface area contributed by atoms with Gasteiger partial charge in [0, 0.05) is 5.02 Å². The average Bonchev–Trinajstić information content (AvgIpc) is 2.17. The van der Waals surface area contributed by atoms with Crippen molar-refractivity contribution in [2.45, 2.75) is 13.3 Å². The van der Waals surface area contributed by atoms with E-state index in [9.17, 15) is 9.90 Å². The highest BCUT2D eigenvalue weighted by molar-refractivity contribution is 6.30. The molecule has 0 fully saturated rings. The Bertz CT molecular complexity index is 451. The predicted octanol–water partition coefficient (Wildman–Crippen LogP) is 2.02. The van der Waals surface area contributed by atoms with Crippen LogP contribution in [0.2, 0.25) is 5.02 Å². The Labute approximate surface area is 98.0 Å². The van der Waals surface area contributed by atoms with Gasteiger partial charge in [-0.25, -0.2) is 0 Å². The number of ether oxygens (including phenoxy) is 1. The van der Waals surface area contributed by atoms with Crippen LogP contribution in [0.1, 0.15) is 18.1 Å². The summed E-state index contributed by atoms with van der Waals surface area (Å²) in [5, 5.41) is 18.6. The Morgan fingerprint density at radius 1 is 1.62 bits per heavy atom. The Kier molecular flexibility index (Phi) is 4.15. The molecular weight excluding hydrogens is 230 g/mol. The van der Waals surface area contributed by atoms with Gasteiger partial charge in [-0.3, -0.25) is 4.79 Å². The number of halogens is 1. The van der Waals surface area contributed by atoms with Crippen molar-refractivity contribution in [2.24, 2.45) is 0 Å². The van der Waals surface area contributed by atoms with Crippen molar-refractivity contribution in [3.63, 3.8) is 0 Å². The van der Waals surface area contributed by atoms with Crippen LogP contribution in [0.4, 0.5) is 0 Å². The van der Waals surface area contributed by atoms with Gasteiger partial charge in [-0.2, -0.15) is 5.26 Å². The molecule has 0 aliphatic rings. The predicted molar refractivity (Wildman–Crippen MR) is 58.2 cm³/mol. The summed E-state index contributed by atoms with van der Waals surface area (Å²) >= 11 is 5.72. The van der Waals surface area contributed by atoms with Crippen LogP contribution in [0, 0.1) is 11.3 Å². The van der Waals surface area contributed by atoms with Crippen LogP contribution in [-0.2, 0) is 16.0 Å². The lowest BCUT2D eigenvalue weighted by Gasteiger charge is -2.06. The molecule has 1 rings (SSSR count). The third-order valence-corrected chi connectivity index (χ3v) is 2.13. The molecule has 1 aromatic rings. The quantitative estimate of drug-likeness (QED) is 0.820. The number of carbonyl (C=O) groups is 1. The first-order chi connectivity index (χ1) is 7.58. The van der Waals surface area contributed by atoms with E-state index in [1.54, 1.807) is 6.92 Å². The van der Waals surface area contributed by atoms with Crippen molar-refractivity contribution < 1.29 is 14.6 Å². The van der Waals surface area contributed by atoms with Gasteiger partial charge >= 0.3 is 5.97 Å². The number of hydrogen-bond donors (Lipinski definition) is 1. The number of phenolic OH excluding ortho intramolecular Hbond substituents is 1. The van der Waals surface area contributed by atoms with E-state index in [0.717, 1.165) is 0 Å². The molecule has 0 bridgehead atoms. The lowest BCUT2D eigenvalue weighted by Crippen LogP contribution is -2.08. The second kappa shape index (κ2) is 5.38. The lowest BCUT2D eigenvalue weighted by molar-refractivity contribution is -0.142. The minimum atomic E-state index is -0.458. The molecule has 0 amide bonds. The summed E-state index contributed by atoms with van der Waals surface area (Å²) in [6.45, 7) is 1.96. The number of aromatic hydroxyl groups is 1. The number of esters is 1. The second-order valence-corrected chi connectivity index (χ2v) is 3.49. The highest BCUT2D eigenvalue weighted by atomic mass is 35.5. The first kappa shape index (κ1) is 12.3. The number of phenols is 1. The van der Waals surface area contributed by atoms with E-state index in [-0.39, 0.29) is 29.4 Å². The zero-order valence-electron chi connectivity index (χ0n) is 8.66. The highest BCUT2D eigenvalue weighted by Crippen LogP contribution is 2.26. The molecule has 0 saturated carbocycles. The summed E-state index contributed by atoms with van der Waals surface area (Å²) in [4.78, 5) is 11.2. The van der Waals surface area contributed by atoms with Gasteiger partial charge in [0.1, 0.15) is 11.8 Å². The summed E-state index contributed by atoms with van der Waals surface area (Å²) in [5.74, 6) is -0.685. The van der Waals surface area contributed by atoms with Crippen molar-refractivity contribution in [1.29, 1.82) is 5.26 Å². The molecule has 0 aliphatic heterocycles. The van der Waals surface area contributed by atoms with Crippen molar-refractivity contribution in [1.82, 2.24) is 0 Å². The fourth-order valence-corrected chi connectivity index (χ4v) is 1.52. The van der Waals surface area contributed by atoms with E-state index in [4.69, 9.17) is 21.6 Å². The highest BCUT2D eigenvalue weighted by Gasteiger charge is 2.13. The molecule has 0 atom stereocenters. The fraction of sp³-hybridized carbons (Fsp3) is 0.273. The number of nitrogens with zero attached hydrogens (tertiary/aromatic N) is 1. The Morgan fingerprint density at radius 2 is 2.31 bits per heavy atom. The van der Waals surface area contributed by atoms with Gasteiger partial charge in [-0.15, -0.1) is 0 Å². The minimum Gasteiger partial charge on any atom is -0.507 e. The monoisotopic (exact) mass is 239 g/mol. The minimum absolute atomic E-state index is 0.0532. The first-order valence-corrected chi connectivity index (χ1v) is 5.03. The van der Waals surface area contributed by atoms with Gasteiger partial charge in [-0.1, -0.05) is 11.6 Å². The Morgan fingerprint density at radius 3 is 2.88 bits per heavy atom. The molecule has 1 N–H and O–H groups in total. The number of benzene rings is 1. The topological polar surface area (TPSA) is 70.3 Å². The second-order valence-electron chi connectivity index (χ2n) is 3.05. The number of carbonyl (C=O) groups excluding carboxylic acids is 1. The van der Waals surface area contributed by atoms with Gasteiger partial charge < -0.3 is 9.84 Å². The molecule has 84 valence electrons. The van der Waals surface area contributed by atoms with Crippen molar-refractivity contribution in [2.75, 3.05) is 6.61 Å². The number of hydrogen-bond acceptors (Lipinski definition) is 4. The van der Waals surface area contributed by atoms with E-state index < -0.39 is 5.97 Å². The van der Waals surface area contributed by atoms with Crippen LogP contribution in [0.15, 0.2) is 12.1 Å². The summed E-state index contributed by atoms with van der Waals surface area (Å²) in [6.07, 6.45) is -0.0785. The van der Waals surface area contributed by atoms with Gasteiger partial charge in [0.05, 0.1) is 18.6 Å². The van der Waals surface area contributed by atoms with Crippen LogP contribution in [0.3, 0.4) is 0 Å². The molecule has 0 radical (unpaired) electrons. The largest absolute Gasteiger partial charge is 0.507 e. The van der Waals surface area contributed by atoms with E-state index in [1.807, 2.05) is 6.07 Å². The molecule has 0 aliphatic carbocycles. The van der Waals surface area contributed by atoms with Crippen molar-refractivity contribution >= 4 is 17.6 Å². The third kappa shape index (κ3) is 2.88. The van der Waals surface area contributed by atoms with Gasteiger partial charge in [0.15, 0.2) is 0 Å². The molecule has 5 heteroatoms. The van der Waals surface area contributed by atoms with Crippen LogP contribution in [0.5, 0.6) is 5.75 Å². The zero-order valence-corrected chi connectivity index (χ0v) is 9.41. The van der Waals surface area contributed by atoms with Crippen LogP contribution in [-0.4, -0.2) is 17.7 Å². The summed E-state index contributed by atoms with van der Waals surface area (Å²) in [5.41, 5.74) is 0.420. The van der Waals surface area contributed by atoms with E-state index in [1.165, 1.54) is 12.1 Å². The maximum absolute atomic E-state index is 11.2. The van der Waals surface area contributed by atoms with Crippen LogP contribution in [0.25, 0.3) is 0 Å². The number of nitriles is 1. The van der Waals surface area contributed by atoms with Crippen molar-refractivity contribution in [3.05, 3.63) is 28.3 Å². The smallest absolute Gasteiger partial charge is 0.310 e. The zero-order chi connectivity index (χ0) is 12.1. The van der Waals surface area contributed by atoms with E-state index in [2.05, 4.69) is 0 Å². The van der Waals surface area contributed by atoms with E-state index >= 15 is 0 Å². The lowest BCUT2D eigenvalue weighted by atomic mass is 10.0. The molecule has 0 spiro atoms. The molecule has 16 heavy (non-hydrogen) atoms. The summed E-state index contributed by atoms with van der Waals surface area (Å²) < 4.78 is 4.75. The standard InChI is InChI=1S/C11H10ClNO3/c1-2-16-11(15)4-7-3-8(12)5-10(14)9(7)6-13/h3,5,14H,2,4H2,1H3. The maximum Gasteiger partial charge on any atom is 0.310 e. The number of rotatable bonds is 3. The molecule has 0 aromatic heterocycles. The van der Waals surface area contributed by atoms with Crippen LogP contribution >= 0.6 is 11.6 Å². The first-order valence-electron chi connectivity index (χ1n) is 4.65. The molecule has 4 nitrogen and oxygen atoms in total. The Balaban J connectivity index is 3.04. The summed E-state index contributed by atoms with van der Waals surface area (Å²) in [6, 6.07) is 4.55. The molecule has 0 saturated heterocycles. The normalized spacial score (nSPS) is 9.56.